The Hall–Kier alpha value is -4.28. The van der Waals surface area contributed by atoms with Crippen LogP contribution in [0, 0.1) is 5.82 Å². The molecule has 2 aromatic carbocycles. The summed E-state index contributed by atoms with van der Waals surface area (Å²) >= 11 is 20.6. The number of benzene rings is 2. The number of halogens is 4. The van der Waals surface area contributed by atoms with Gasteiger partial charge in [0.25, 0.3) is 11.8 Å². The molecule has 52 heavy (non-hydrogen) atoms. The van der Waals surface area contributed by atoms with Crippen LogP contribution in [-0.4, -0.2) is 74.0 Å². The van der Waals surface area contributed by atoms with E-state index >= 15 is 0 Å². The van der Waals surface area contributed by atoms with Gasteiger partial charge in [0.05, 0.1) is 32.5 Å². The lowest BCUT2D eigenvalue weighted by molar-refractivity contribution is -0.684. The van der Waals surface area contributed by atoms with E-state index < -0.39 is 46.7 Å². The van der Waals surface area contributed by atoms with Crippen molar-refractivity contribution in [2.45, 2.75) is 35.8 Å². The minimum Gasteiger partial charge on any atom is -0.543 e. The molecule has 4 amide bonds. The van der Waals surface area contributed by atoms with E-state index in [1.165, 1.54) is 36.0 Å². The third-order valence-corrected chi connectivity index (χ3v) is 11.8. The number of carboxylic acids is 1. The normalized spacial score (nSPS) is 19.1. The molecule has 270 valence electrons. The van der Waals surface area contributed by atoms with Gasteiger partial charge in [0.15, 0.2) is 24.0 Å². The zero-order chi connectivity index (χ0) is 37.3. The molecule has 0 radical (unpaired) electrons. The highest BCUT2D eigenvalue weighted by Gasteiger charge is 2.52. The van der Waals surface area contributed by atoms with E-state index in [0.717, 1.165) is 34.4 Å². The molecule has 0 bridgehead atoms. The Morgan fingerprint density at radius 1 is 1.06 bits per heavy atom. The summed E-state index contributed by atoms with van der Waals surface area (Å²) in [6.45, 7) is 0.589. The summed E-state index contributed by atoms with van der Waals surface area (Å²) in [5.41, 5.74) is 1.31. The van der Waals surface area contributed by atoms with Crippen molar-refractivity contribution in [2.24, 2.45) is 0 Å². The highest BCUT2D eigenvalue weighted by atomic mass is 35.5. The number of carbonyl (C=O) groups excluding carboxylic acids is 5. The summed E-state index contributed by atoms with van der Waals surface area (Å²) in [6.07, 6.45) is 5.19. The van der Waals surface area contributed by atoms with Crippen LogP contribution < -0.4 is 20.3 Å². The molecule has 12 nitrogen and oxygen atoms in total. The van der Waals surface area contributed by atoms with Gasteiger partial charge in [0, 0.05) is 53.2 Å². The van der Waals surface area contributed by atoms with E-state index in [1.54, 1.807) is 34.0 Å². The van der Waals surface area contributed by atoms with Crippen LogP contribution in [-0.2, 0) is 37.1 Å². The first-order chi connectivity index (χ1) is 24.8. The number of hydrogen-bond donors (Lipinski definition) is 3. The SMILES string of the molecule is O=C(C[n+]1ccc(CN2CC/C(=C\C3=C(C(=O)[O-])N4C(=O)[C@@H](NC(=O)CSc5cc(Cl)c(Cl)cc5Cl)[C@H]4SC3)C2=O)cc1)Nc1ccc(O)c(F)c1. The van der Waals surface area contributed by atoms with Gasteiger partial charge in [-0.05, 0) is 47.9 Å². The van der Waals surface area contributed by atoms with E-state index in [0.29, 0.717) is 28.5 Å². The van der Waals surface area contributed by atoms with Gasteiger partial charge >= 0.3 is 0 Å². The average molecular weight is 807 g/mol. The number of carbonyl (C=O) groups is 5. The summed E-state index contributed by atoms with van der Waals surface area (Å²) in [5, 5.41) is 27.0. The highest BCUT2D eigenvalue weighted by Crippen LogP contribution is 2.41. The van der Waals surface area contributed by atoms with E-state index in [-0.39, 0.29) is 57.5 Å². The summed E-state index contributed by atoms with van der Waals surface area (Å²) in [7, 11) is 0. The number of thioether (sulfide) groups is 2. The molecular weight excluding hydrogens is 780 g/mol. The topological polar surface area (TPSA) is 163 Å². The van der Waals surface area contributed by atoms with Crippen molar-refractivity contribution in [3.63, 3.8) is 0 Å². The van der Waals surface area contributed by atoms with Gasteiger partial charge in [-0.1, -0.05) is 34.8 Å². The van der Waals surface area contributed by atoms with Crippen LogP contribution in [0.4, 0.5) is 10.1 Å². The largest absolute Gasteiger partial charge is 0.543 e. The van der Waals surface area contributed by atoms with Crippen LogP contribution in [0.25, 0.3) is 0 Å². The molecule has 0 unspecified atom stereocenters. The van der Waals surface area contributed by atoms with E-state index in [9.17, 15) is 38.6 Å². The number of aromatic hydroxyl groups is 1. The Bertz CT molecular complexity index is 2070. The molecule has 0 saturated carbocycles. The minimum absolute atomic E-state index is 0.0614. The maximum atomic E-state index is 13.6. The van der Waals surface area contributed by atoms with E-state index in [4.69, 9.17) is 34.8 Å². The van der Waals surface area contributed by atoms with Gasteiger partial charge in [0.2, 0.25) is 18.4 Å². The lowest BCUT2D eigenvalue weighted by Crippen LogP contribution is -2.71. The Morgan fingerprint density at radius 2 is 1.79 bits per heavy atom. The number of hydrogen-bond acceptors (Lipinski definition) is 9. The van der Waals surface area contributed by atoms with Gasteiger partial charge in [-0.3, -0.25) is 24.1 Å². The van der Waals surface area contributed by atoms with Crippen molar-refractivity contribution in [2.75, 3.05) is 23.4 Å². The van der Waals surface area contributed by atoms with Gasteiger partial charge < -0.3 is 30.5 Å². The van der Waals surface area contributed by atoms with Gasteiger partial charge in [-0.2, -0.15) is 4.57 Å². The number of β-lactam (4-membered cyclic amide) rings is 1. The first kappa shape index (κ1) is 37.5. The first-order valence-electron chi connectivity index (χ1n) is 15.5. The van der Waals surface area contributed by atoms with Gasteiger partial charge in [-0.15, -0.1) is 23.5 Å². The Morgan fingerprint density at radius 3 is 2.50 bits per heavy atom. The maximum absolute atomic E-state index is 13.6. The number of carboxylic acid groups (broad SMARTS) is 1. The zero-order valence-corrected chi connectivity index (χ0v) is 30.6. The van der Waals surface area contributed by atoms with Crippen molar-refractivity contribution in [1.82, 2.24) is 15.1 Å². The minimum atomic E-state index is -1.57. The number of nitrogens with one attached hydrogen (secondary N) is 2. The molecule has 0 aliphatic carbocycles. The lowest BCUT2D eigenvalue weighted by atomic mass is 10.0. The third kappa shape index (κ3) is 8.18. The maximum Gasteiger partial charge on any atom is 0.290 e. The second-order valence-corrected chi connectivity index (χ2v) is 15.2. The number of phenols is 1. The number of aliphatic carboxylic acids is 1. The fourth-order valence-corrected chi connectivity index (χ4v) is 8.60. The fraction of sp³-hybridized carbons (Fsp3) is 0.235. The van der Waals surface area contributed by atoms with Gasteiger partial charge in [0.1, 0.15) is 11.4 Å². The summed E-state index contributed by atoms with van der Waals surface area (Å²) in [5.74, 6) is -4.61. The monoisotopic (exact) mass is 805 g/mol. The molecule has 3 aliphatic rings. The Labute approximate surface area is 319 Å². The molecule has 6 rings (SSSR count). The Kier molecular flexibility index (Phi) is 11.4. The number of fused-ring (bicyclic) bond motifs is 1. The highest BCUT2D eigenvalue weighted by molar-refractivity contribution is 8.00. The summed E-state index contributed by atoms with van der Waals surface area (Å²) < 4.78 is 15.2. The standard InChI is InChI=1S/C34H27Cl3FN5O7S2/c35-21-11-23(37)26(12-22(21)36)51-16-28(46)40-29-32(48)43-30(34(49)50)19(15-52-33(29)43)9-18-5-8-42(31(18)47)13-17-3-6-41(7-4-17)14-27(45)39-20-1-2-25(44)24(38)10-20/h1-4,6-7,9-12,29,33H,5,8,13-16H2,(H3-,39,40,44,45,46,49,50)/b18-9+/t29-,33-/m1/s1. The predicted molar refractivity (Wildman–Crippen MR) is 191 cm³/mol. The summed E-state index contributed by atoms with van der Waals surface area (Å²) in [4.78, 5) is 67.0. The molecule has 3 N–H and O–H groups in total. The first-order valence-corrected chi connectivity index (χ1v) is 18.7. The van der Waals surface area contributed by atoms with Crippen LogP contribution in [0.1, 0.15) is 12.0 Å². The van der Waals surface area contributed by atoms with Crippen molar-refractivity contribution in [1.29, 1.82) is 0 Å². The molecule has 2 saturated heterocycles. The molecular formula is C34H27Cl3FN5O7S2. The molecule has 4 heterocycles. The fourth-order valence-electron chi connectivity index (χ4n) is 5.75. The van der Waals surface area contributed by atoms with Crippen molar-refractivity contribution in [3.8, 4) is 5.75 Å². The van der Waals surface area contributed by atoms with Crippen molar-refractivity contribution in [3.05, 3.63) is 104 Å². The number of likely N-dealkylation sites (tertiary alicyclic amines) is 1. The second kappa shape index (κ2) is 15.8. The number of rotatable bonds is 11. The van der Waals surface area contributed by atoms with Crippen LogP contribution in [0.3, 0.4) is 0 Å². The summed E-state index contributed by atoms with van der Waals surface area (Å²) in [6, 6.07) is 9.09. The Balaban J connectivity index is 1.04. The third-order valence-electron chi connectivity index (χ3n) is 8.29. The molecule has 0 spiro atoms. The molecule has 2 atom stereocenters. The van der Waals surface area contributed by atoms with Crippen molar-refractivity contribution < 1.29 is 43.1 Å². The molecule has 1 aromatic heterocycles. The number of nitrogens with zero attached hydrogens (tertiary/aromatic N) is 3. The predicted octanol–water partition coefficient (Wildman–Crippen LogP) is 3.27. The lowest BCUT2D eigenvalue weighted by Gasteiger charge is -2.50. The molecule has 18 heteroatoms. The zero-order valence-electron chi connectivity index (χ0n) is 26.7. The van der Waals surface area contributed by atoms with Crippen LogP contribution in [0.5, 0.6) is 5.75 Å². The smallest absolute Gasteiger partial charge is 0.290 e. The molecule has 3 aliphatic heterocycles. The number of phenolic OH excluding ortho intramolecular Hbond substituents is 1. The van der Waals surface area contributed by atoms with Gasteiger partial charge in [-0.25, -0.2) is 4.39 Å². The van der Waals surface area contributed by atoms with Crippen LogP contribution in [0.15, 0.2) is 82.7 Å². The molecule has 3 aromatic rings. The number of aromatic nitrogens is 1. The average Bonchev–Trinajstić information content (AvgIpc) is 3.44. The molecule has 2 fully saturated rings. The quantitative estimate of drug-likeness (QED) is 0.0660. The second-order valence-electron chi connectivity index (χ2n) is 11.8. The number of amides is 4. The van der Waals surface area contributed by atoms with Crippen molar-refractivity contribution >= 4 is 93.6 Å². The number of allylic oxidation sites excluding steroid dienone is 1. The number of pyridine rings is 1. The van der Waals surface area contributed by atoms with Crippen LogP contribution in [0.2, 0.25) is 15.1 Å². The van der Waals surface area contributed by atoms with E-state index in [1.807, 2.05) is 0 Å². The van der Waals surface area contributed by atoms with E-state index in [2.05, 4.69) is 10.6 Å². The van der Waals surface area contributed by atoms with Crippen LogP contribution >= 0.6 is 58.3 Å². The number of anilines is 1.